The number of halogens is 3. The topological polar surface area (TPSA) is 25.8 Å². The summed E-state index contributed by atoms with van der Waals surface area (Å²) in [5.41, 5.74) is 0.250. The van der Waals surface area contributed by atoms with Crippen LogP contribution in [0.15, 0.2) is 36.5 Å². The third kappa shape index (κ3) is 2.61. The fraction of sp³-hybridized carbons (Fsp3) is 0.167. The van der Waals surface area contributed by atoms with E-state index in [4.69, 9.17) is 0 Å². The van der Waals surface area contributed by atoms with E-state index in [1.807, 2.05) is 0 Å². The Balaban J connectivity index is 2.47. The molecule has 0 saturated heterocycles. The van der Waals surface area contributed by atoms with Crippen molar-refractivity contribution in [2.75, 3.05) is 0 Å². The van der Waals surface area contributed by atoms with Crippen LogP contribution in [0.5, 0.6) is 0 Å². The summed E-state index contributed by atoms with van der Waals surface area (Å²) in [7, 11) is 0. The van der Waals surface area contributed by atoms with Crippen molar-refractivity contribution in [2.45, 2.75) is 13.1 Å². The standard InChI is InChI=1S/C12H9F3N2/c1-8-16-6-5-11(17-8)9-3-2-4-10(7-9)12(13,14)15/h2-7H,1H3. The van der Waals surface area contributed by atoms with Crippen molar-refractivity contribution >= 4 is 0 Å². The molecule has 0 fully saturated rings. The molecule has 0 amide bonds. The number of aryl methyl sites for hydroxylation is 1. The van der Waals surface area contributed by atoms with Gasteiger partial charge in [0.15, 0.2) is 0 Å². The second-order valence-electron chi connectivity index (χ2n) is 3.57. The first-order valence-corrected chi connectivity index (χ1v) is 4.94. The van der Waals surface area contributed by atoms with Gasteiger partial charge in [-0.25, -0.2) is 9.97 Å². The Hall–Kier alpha value is -1.91. The average molecular weight is 238 g/mol. The van der Waals surface area contributed by atoms with Gasteiger partial charge in [0.1, 0.15) is 5.82 Å². The van der Waals surface area contributed by atoms with Gasteiger partial charge in [0.05, 0.1) is 11.3 Å². The largest absolute Gasteiger partial charge is 0.416 e. The van der Waals surface area contributed by atoms with Crippen molar-refractivity contribution in [1.82, 2.24) is 9.97 Å². The average Bonchev–Trinajstić information content (AvgIpc) is 2.28. The minimum Gasteiger partial charge on any atom is -0.242 e. The van der Waals surface area contributed by atoms with Crippen molar-refractivity contribution in [3.8, 4) is 11.3 Å². The van der Waals surface area contributed by atoms with Gasteiger partial charge in [-0.3, -0.25) is 0 Å². The summed E-state index contributed by atoms with van der Waals surface area (Å²) in [6, 6.07) is 6.68. The van der Waals surface area contributed by atoms with Gasteiger partial charge >= 0.3 is 6.18 Å². The minimum atomic E-state index is -4.34. The maximum atomic E-state index is 12.5. The summed E-state index contributed by atoms with van der Waals surface area (Å²) >= 11 is 0. The number of alkyl halides is 3. The zero-order valence-corrected chi connectivity index (χ0v) is 8.99. The monoisotopic (exact) mass is 238 g/mol. The third-order valence-electron chi connectivity index (χ3n) is 2.26. The molecule has 1 heterocycles. The second-order valence-corrected chi connectivity index (χ2v) is 3.57. The molecule has 5 heteroatoms. The fourth-order valence-corrected chi connectivity index (χ4v) is 1.47. The molecule has 0 unspecified atom stereocenters. The highest BCUT2D eigenvalue weighted by atomic mass is 19.4. The van der Waals surface area contributed by atoms with E-state index < -0.39 is 11.7 Å². The van der Waals surface area contributed by atoms with Gasteiger partial charge in [-0.15, -0.1) is 0 Å². The number of hydrogen-bond acceptors (Lipinski definition) is 2. The second kappa shape index (κ2) is 4.16. The first-order chi connectivity index (χ1) is 7.97. The predicted octanol–water partition coefficient (Wildman–Crippen LogP) is 3.47. The van der Waals surface area contributed by atoms with Gasteiger partial charge in [-0.2, -0.15) is 13.2 Å². The molecule has 1 aromatic carbocycles. The summed E-state index contributed by atoms with van der Waals surface area (Å²) < 4.78 is 37.6. The number of rotatable bonds is 1. The van der Waals surface area contributed by atoms with Crippen molar-refractivity contribution in [2.24, 2.45) is 0 Å². The molecule has 88 valence electrons. The molecule has 0 saturated carbocycles. The van der Waals surface area contributed by atoms with Crippen LogP contribution in [0.25, 0.3) is 11.3 Å². The van der Waals surface area contributed by atoms with Gasteiger partial charge in [0.2, 0.25) is 0 Å². The van der Waals surface area contributed by atoms with E-state index in [9.17, 15) is 13.2 Å². The van der Waals surface area contributed by atoms with Crippen molar-refractivity contribution in [3.05, 3.63) is 47.9 Å². The highest BCUT2D eigenvalue weighted by Crippen LogP contribution is 2.31. The van der Waals surface area contributed by atoms with Crippen LogP contribution in [-0.2, 0) is 6.18 Å². The summed E-state index contributed by atoms with van der Waals surface area (Å²) in [5, 5.41) is 0. The lowest BCUT2D eigenvalue weighted by molar-refractivity contribution is -0.137. The Morgan fingerprint density at radius 3 is 2.53 bits per heavy atom. The maximum absolute atomic E-state index is 12.5. The highest BCUT2D eigenvalue weighted by molar-refractivity contribution is 5.59. The number of nitrogens with zero attached hydrogens (tertiary/aromatic N) is 2. The van der Waals surface area contributed by atoms with E-state index in [-0.39, 0.29) is 0 Å². The van der Waals surface area contributed by atoms with Crippen LogP contribution in [0.3, 0.4) is 0 Å². The minimum absolute atomic E-state index is 0.435. The molecular weight excluding hydrogens is 229 g/mol. The molecule has 0 spiro atoms. The molecule has 2 aromatic rings. The van der Waals surface area contributed by atoms with Gasteiger partial charge < -0.3 is 0 Å². The molecule has 0 aliphatic rings. The number of aromatic nitrogens is 2. The van der Waals surface area contributed by atoms with Gasteiger partial charge in [-0.05, 0) is 25.1 Å². The summed E-state index contributed by atoms with van der Waals surface area (Å²) in [4.78, 5) is 7.99. The Morgan fingerprint density at radius 2 is 1.88 bits per heavy atom. The molecule has 0 aliphatic heterocycles. The predicted molar refractivity (Wildman–Crippen MR) is 57.2 cm³/mol. The summed E-state index contributed by atoms with van der Waals surface area (Å²) in [6.45, 7) is 1.69. The highest BCUT2D eigenvalue weighted by Gasteiger charge is 2.30. The quantitative estimate of drug-likeness (QED) is 0.760. The van der Waals surface area contributed by atoms with Crippen molar-refractivity contribution < 1.29 is 13.2 Å². The molecule has 0 atom stereocenters. The van der Waals surface area contributed by atoms with Crippen LogP contribution in [0.1, 0.15) is 11.4 Å². The molecule has 1 aromatic heterocycles. The summed E-state index contributed by atoms with van der Waals surface area (Å²) in [5.74, 6) is 0.528. The van der Waals surface area contributed by atoms with Crippen molar-refractivity contribution in [1.29, 1.82) is 0 Å². The molecule has 0 aliphatic carbocycles. The third-order valence-corrected chi connectivity index (χ3v) is 2.26. The molecule has 2 rings (SSSR count). The zero-order chi connectivity index (χ0) is 12.5. The zero-order valence-electron chi connectivity index (χ0n) is 8.99. The Kier molecular flexibility index (Phi) is 2.83. The molecule has 17 heavy (non-hydrogen) atoms. The molecule has 0 N–H and O–H groups in total. The normalized spacial score (nSPS) is 11.5. The first kappa shape index (κ1) is 11.6. The van der Waals surface area contributed by atoms with Gasteiger partial charge in [-0.1, -0.05) is 12.1 Å². The first-order valence-electron chi connectivity index (χ1n) is 4.94. The van der Waals surface area contributed by atoms with E-state index >= 15 is 0 Å². The lowest BCUT2D eigenvalue weighted by atomic mass is 10.1. The SMILES string of the molecule is Cc1nccc(-c2cccc(C(F)(F)F)c2)n1. The maximum Gasteiger partial charge on any atom is 0.416 e. The lowest BCUT2D eigenvalue weighted by Crippen LogP contribution is -2.04. The van der Waals surface area contributed by atoms with Gasteiger partial charge in [0, 0.05) is 11.8 Å². The Bertz CT molecular complexity index is 535. The van der Waals surface area contributed by atoms with E-state index in [1.54, 1.807) is 19.1 Å². The van der Waals surface area contributed by atoms with Gasteiger partial charge in [0.25, 0.3) is 0 Å². The van der Waals surface area contributed by atoms with Crippen LogP contribution in [0, 0.1) is 6.92 Å². The molecule has 2 nitrogen and oxygen atoms in total. The van der Waals surface area contributed by atoms with E-state index in [0.717, 1.165) is 12.1 Å². The van der Waals surface area contributed by atoms with Crippen LogP contribution >= 0.6 is 0 Å². The summed E-state index contributed by atoms with van der Waals surface area (Å²) in [6.07, 6.45) is -2.81. The van der Waals surface area contributed by atoms with E-state index in [0.29, 0.717) is 17.1 Å². The van der Waals surface area contributed by atoms with Crippen LogP contribution in [-0.4, -0.2) is 9.97 Å². The Labute approximate surface area is 96.2 Å². The lowest BCUT2D eigenvalue weighted by Gasteiger charge is -2.08. The van der Waals surface area contributed by atoms with E-state index in [2.05, 4.69) is 9.97 Å². The van der Waals surface area contributed by atoms with Crippen LogP contribution in [0.2, 0.25) is 0 Å². The molecular formula is C12H9F3N2. The fourth-order valence-electron chi connectivity index (χ4n) is 1.47. The van der Waals surface area contributed by atoms with Crippen LogP contribution in [0.4, 0.5) is 13.2 Å². The molecule has 0 radical (unpaired) electrons. The molecule has 0 bridgehead atoms. The van der Waals surface area contributed by atoms with Crippen LogP contribution < -0.4 is 0 Å². The number of benzene rings is 1. The number of hydrogen-bond donors (Lipinski definition) is 0. The van der Waals surface area contributed by atoms with Crippen molar-refractivity contribution in [3.63, 3.8) is 0 Å². The smallest absolute Gasteiger partial charge is 0.242 e. The van der Waals surface area contributed by atoms with E-state index in [1.165, 1.54) is 12.3 Å². The Morgan fingerprint density at radius 1 is 1.12 bits per heavy atom.